The van der Waals surface area contributed by atoms with Crippen LogP contribution in [0.3, 0.4) is 0 Å². The van der Waals surface area contributed by atoms with Crippen LogP contribution in [0.5, 0.6) is 0 Å². The van der Waals surface area contributed by atoms with Gasteiger partial charge in [-0.15, -0.1) is 0 Å². The molecule has 3 nitrogen and oxygen atoms in total. The number of benzene rings is 1. The fourth-order valence-electron chi connectivity index (χ4n) is 2.75. The number of hydrogen-bond donors (Lipinski definition) is 0. The van der Waals surface area contributed by atoms with Gasteiger partial charge in [0.15, 0.2) is 0 Å². The Morgan fingerprint density at radius 3 is 2.47 bits per heavy atom. The summed E-state index contributed by atoms with van der Waals surface area (Å²) in [6.45, 7) is 3.95. The Kier molecular flexibility index (Phi) is 2.53. The third-order valence-electron chi connectivity index (χ3n) is 4.01. The molecule has 0 aliphatic carbocycles. The molecular formula is C14H16N2O. The number of ether oxygens (including phenoxy) is 1. The molecule has 2 heterocycles. The SMILES string of the molecule is N#Cc1ccccc1N1CCC2(CC1)COC2. The molecule has 2 fully saturated rings. The molecule has 2 aliphatic rings. The number of piperidine rings is 1. The van der Waals surface area contributed by atoms with E-state index in [0.717, 1.165) is 37.6 Å². The Hall–Kier alpha value is -1.53. The average Bonchev–Trinajstić information content (AvgIpc) is 2.37. The number of rotatable bonds is 1. The monoisotopic (exact) mass is 228 g/mol. The molecule has 0 radical (unpaired) electrons. The minimum atomic E-state index is 0.456. The molecule has 0 N–H and O–H groups in total. The van der Waals surface area contributed by atoms with Crippen molar-refractivity contribution in [2.24, 2.45) is 5.41 Å². The van der Waals surface area contributed by atoms with Crippen molar-refractivity contribution in [3.8, 4) is 6.07 Å². The molecule has 0 unspecified atom stereocenters. The molecule has 0 bridgehead atoms. The van der Waals surface area contributed by atoms with E-state index in [2.05, 4.69) is 11.0 Å². The van der Waals surface area contributed by atoms with Gasteiger partial charge in [0, 0.05) is 18.5 Å². The summed E-state index contributed by atoms with van der Waals surface area (Å²) in [5.41, 5.74) is 2.33. The molecule has 17 heavy (non-hydrogen) atoms. The highest BCUT2D eigenvalue weighted by Gasteiger charge is 2.41. The first-order valence-corrected chi connectivity index (χ1v) is 6.15. The van der Waals surface area contributed by atoms with Crippen LogP contribution < -0.4 is 4.90 Å². The second-order valence-electron chi connectivity index (χ2n) is 5.11. The Labute approximate surface area is 102 Å². The van der Waals surface area contributed by atoms with Crippen LogP contribution in [0.2, 0.25) is 0 Å². The molecule has 0 amide bonds. The summed E-state index contributed by atoms with van der Waals surface area (Å²) < 4.78 is 5.33. The average molecular weight is 228 g/mol. The van der Waals surface area contributed by atoms with Gasteiger partial charge in [0.2, 0.25) is 0 Å². The summed E-state index contributed by atoms with van der Waals surface area (Å²) in [4.78, 5) is 2.34. The number of hydrogen-bond acceptors (Lipinski definition) is 3. The molecule has 2 saturated heterocycles. The van der Waals surface area contributed by atoms with Crippen molar-refractivity contribution >= 4 is 5.69 Å². The first-order chi connectivity index (χ1) is 8.33. The van der Waals surface area contributed by atoms with Gasteiger partial charge < -0.3 is 9.64 Å². The fourth-order valence-corrected chi connectivity index (χ4v) is 2.75. The van der Waals surface area contributed by atoms with E-state index in [-0.39, 0.29) is 0 Å². The lowest BCUT2D eigenvalue weighted by molar-refractivity contribution is -0.124. The molecule has 0 aromatic heterocycles. The molecule has 88 valence electrons. The second kappa shape index (κ2) is 4.05. The Bertz CT molecular complexity index is 450. The first-order valence-electron chi connectivity index (χ1n) is 6.15. The molecule has 1 aromatic carbocycles. The second-order valence-corrected chi connectivity index (χ2v) is 5.11. The first kappa shape index (κ1) is 10.6. The van der Waals surface area contributed by atoms with Gasteiger partial charge in [-0.25, -0.2) is 0 Å². The Balaban J connectivity index is 1.76. The highest BCUT2D eigenvalue weighted by Crippen LogP contribution is 2.39. The van der Waals surface area contributed by atoms with E-state index in [4.69, 9.17) is 10.00 Å². The molecule has 2 aliphatic heterocycles. The zero-order valence-electron chi connectivity index (χ0n) is 9.85. The standard InChI is InChI=1S/C14H16N2O/c15-9-12-3-1-2-4-13(12)16-7-5-14(6-8-16)10-17-11-14/h1-4H,5-8,10-11H2. The van der Waals surface area contributed by atoms with E-state index in [1.807, 2.05) is 24.3 Å². The number of nitrogens with zero attached hydrogens (tertiary/aromatic N) is 2. The third kappa shape index (κ3) is 1.79. The lowest BCUT2D eigenvalue weighted by Gasteiger charge is -2.48. The van der Waals surface area contributed by atoms with Crippen LogP contribution in [0.25, 0.3) is 0 Å². The van der Waals surface area contributed by atoms with Crippen molar-refractivity contribution in [3.05, 3.63) is 29.8 Å². The van der Waals surface area contributed by atoms with E-state index in [9.17, 15) is 0 Å². The molecule has 1 aromatic rings. The van der Waals surface area contributed by atoms with Crippen LogP contribution in [0.1, 0.15) is 18.4 Å². The maximum absolute atomic E-state index is 9.11. The minimum Gasteiger partial charge on any atom is -0.380 e. The predicted octanol–water partition coefficient (Wildman–Crippen LogP) is 2.18. The smallest absolute Gasteiger partial charge is 0.101 e. The van der Waals surface area contributed by atoms with Crippen molar-refractivity contribution in [1.29, 1.82) is 5.26 Å². The summed E-state index contributed by atoms with van der Waals surface area (Å²) in [5.74, 6) is 0. The van der Waals surface area contributed by atoms with Gasteiger partial charge >= 0.3 is 0 Å². The maximum Gasteiger partial charge on any atom is 0.101 e. The van der Waals surface area contributed by atoms with Crippen molar-refractivity contribution in [2.75, 3.05) is 31.2 Å². The number of anilines is 1. The number of nitriles is 1. The van der Waals surface area contributed by atoms with E-state index < -0.39 is 0 Å². The summed E-state index contributed by atoms with van der Waals surface area (Å²) in [6.07, 6.45) is 2.37. The van der Waals surface area contributed by atoms with Crippen LogP contribution >= 0.6 is 0 Å². The number of para-hydroxylation sites is 1. The van der Waals surface area contributed by atoms with Crippen LogP contribution in [0.15, 0.2) is 24.3 Å². The van der Waals surface area contributed by atoms with Crippen LogP contribution in [0.4, 0.5) is 5.69 Å². The lowest BCUT2D eigenvalue weighted by Crippen LogP contribution is -2.51. The zero-order valence-corrected chi connectivity index (χ0v) is 9.85. The van der Waals surface area contributed by atoms with E-state index in [0.29, 0.717) is 5.41 Å². The molecule has 1 spiro atoms. The van der Waals surface area contributed by atoms with E-state index in [1.54, 1.807) is 0 Å². The predicted molar refractivity (Wildman–Crippen MR) is 65.9 cm³/mol. The van der Waals surface area contributed by atoms with E-state index in [1.165, 1.54) is 12.8 Å². The fraction of sp³-hybridized carbons (Fsp3) is 0.500. The Morgan fingerprint density at radius 2 is 1.88 bits per heavy atom. The van der Waals surface area contributed by atoms with Crippen molar-refractivity contribution in [1.82, 2.24) is 0 Å². The maximum atomic E-state index is 9.11. The van der Waals surface area contributed by atoms with Gasteiger partial charge in [-0.3, -0.25) is 0 Å². The molecule has 3 rings (SSSR count). The zero-order chi connectivity index (χ0) is 11.7. The van der Waals surface area contributed by atoms with Gasteiger partial charge in [-0.2, -0.15) is 5.26 Å². The normalized spacial score (nSPS) is 21.9. The summed E-state index contributed by atoms with van der Waals surface area (Å²) in [5, 5.41) is 9.11. The molecule has 3 heteroatoms. The summed E-state index contributed by atoms with van der Waals surface area (Å²) in [6, 6.07) is 10.2. The third-order valence-corrected chi connectivity index (χ3v) is 4.01. The van der Waals surface area contributed by atoms with E-state index >= 15 is 0 Å². The largest absolute Gasteiger partial charge is 0.380 e. The van der Waals surface area contributed by atoms with Gasteiger partial charge in [-0.05, 0) is 25.0 Å². The van der Waals surface area contributed by atoms with Gasteiger partial charge in [0.25, 0.3) is 0 Å². The topological polar surface area (TPSA) is 36.3 Å². The molecule has 0 atom stereocenters. The highest BCUT2D eigenvalue weighted by molar-refractivity contribution is 5.59. The van der Waals surface area contributed by atoms with Crippen molar-refractivity contribution in [2.45, 2.75) is 12.8 Å². The van der Waals surface area contributed by atoms with Crippen molar-refractivity contribution in [3.63, 3.8) is 0 Å². The summed E-state index contributed by atoms with van der Waals surface area (Å²) in [7, 11) is 0. The van der Waals surface area contributed by atoms with Gasteiger partial charge in [-0.1, -0.05) is 12.1 Å². The summed E-state index contributed by atoms with van der Waals surface area (Å²) >= 11 is 0. The highest BCUT2D eigenvalue weighted by atomic mass is 16.5. The Morgan fingerprint density at radius 1 is 1.18 bits per heavy atom. The van der Waals surface area contributed by atoms with Gasteiger partial charge in [0.05, 0.1) is 24.5 Å². The van der Waals surface area contributed by atoms with Gasteiger partial charge in [0.1, 0.15) is 6.07 Å². The van der Waals surface area contributed by atoms with Crippen LogP contribution in [-0.4, -0.2) is 26.3 Å². The lowest BCUT2D eigenvalue weighted by atomic mass is 9.76. The minimum absolute atomic E-state index is 0.456. The van der Waals surface area contributed by atoms with Crippen LogP contribution in [-0.2, 0) is 4.74 Å². The molecular weight excluding hydrogens is 212 g/mol. The molecule has 0 saturated carbocycles. The quantitative estimate of drug-likeness (QED) is 0.739. The van der Waals surface area contributed by atoms with Crippen molar-refractivity contribution < 1.29 is 4.74 Å². The van der Waals surface area contributed by atoms with Crippen LogP contribution in [0, 0.1) is 16.7 Å².